The SMILES string of the molecule is NCCc1nc(-c2ccc(OCc3ccccc3)c(Br)c2)cs1. The maximum atomic E-state index is 5.88. The van der Waals surface area contributed by atoms with Crippen LogP contribution in [-0.2, 0) is 13.0 Å². The Balaban J connectivity index is 1.72. The van der Waals surface area contributed by atoms with Crippen molar-refractivity contribution in [3.05, 3.63) is 69.0 Å². The largest absolute Gasteiger partial charge is 0.488 e. The molecule has 0 aliphatic carbocycles. The molecule has 0 aliphatic rings. The molecule has 2 aromatic carbocycles. The maximum Gasteiger partial charge on any atom is 0.134 e. The molecule has 118 valence electrons. The third kappa shape index (κ3) is 4.19. The fraction of sp³-hybridized carbons (Fsp3) is 0.167. The van der Waals surface area contributed by atoms with Gasteiger partial charge in [0.2, 0.25) is 0 Å². The van der Waals surface area contributed by atoms with Crippen molar-refractivity contribution < 1.29 is 4.74 Å². The topological polar surface area (TPSA) is 48.1 Å². The Labute approximate surface area is 148 Å². The number of nitrogens with zero attached hydrogens (tertiary/aromatic N) is 1. The summed E-state index contributed by atoms with van der Waals surface area (Å²) in [5, 5.41) is 3.14. The van der Waals surface area contributed by atoms with E-state index in [1.54, 1.807) is 11.3 Å². The van der Waals surface area contributed by atoms with E-state index in [9.17, 15) is 0 Å². The molecule has 0 amide bonds. The minimum Gasteiger partial charge on any atom is -0.488 e. The Hall–Kier alpha value is -1.69. The molecule has 0 atom stereocenters. The van der Waals surface area contributed by atoms with E-state index in [4.69, 9.17) is 10.5 Å². The molecule has 3 nitrogen and oxygen atoms in total. The smallest absolute Gasteiger partial charge is 0.134 e. The van der Waals surface area contributed by atoms with E-state index >= 15 is 0 Å². The lowest BCUT2D eigenvalue weighted by molar-refractivity contribution is 0.304. The van der Waals surface area contributed by atoms with Crippen LogP contribution in [0.1, 0.15) is 10.6 Å². The van der Waals surface area contributed by atoms with Crippen molar-refractivity contribution in [2.45, 2.75) is 13.0 Å². The Morgan fingerprint density at radius 3 is 2.70 bits per heavy atom. The summed E-state index contributed by atoms with van der Waals surface area (Å²) in [5.41, 5.74) is 8.78. The summed E-state index contributed by atoms with van der Waals surface area (Å²) in [5.74, 6) is 0.829. The number of hydrogen-bond donors (Lipinski definition) is 1. The van der Waals surface area contributed by atoms with Crippen molar-refractivity contribution in [1.82, 2.24) is 4.98 Å². The minimum atomic E-state index is 0.552. The highest BCUT2D eigenvalue weighted by molar-refractivity contribution is 9.10. The number of benzene rings is 2. The van der Waals surface area contributed by atoms with Gasteiger partial charge in [0.25, 0.3) is 0 Å². The van der Waals surface area contributed by atoms with Gasteiger partial charge in [-0.3, -0.25) is 0 Å². The molecule has 1 heterocycles. The maximum absolute atomic E-state index is 5.88. The summed E-state index contributed by atoms with van der Waals surface area (Å²) < 4.78 is 6.81. The third-order valence-corrected chi connectivity index (χ3v) is 4.90. The zero-order chi connectivity index (χ0) is 16.1. The van der Waals surface area contributed by atoms with Crippen LogP contribution in [-0.4, -0.2) is 11.5 Å². The molecular formula is C18H17BrN2OS. The lowest BCUT2D eigenvalue weighted by Crippen LogP contribution is -2.02. The van der Waals surface area contributed by atoms with Gasteiger partial charge in [-0.1, -0.05) is 30.3 Å². The first-order chi connectivity index (χ1) is 11.3. The second kappa shape index (κ2) is 7.73. The van der Waals surface area contributed by atoms with E-state index in [-0.39, 0.29) is 0 Å². The lowest BCUT2D eigenvalue weighted by Gasteiger charge is -2.09. The van der Waals surface area contributed by atoms with Crippen LogP contribution in [0.2, 0.25) is 0 Å². The first kappa shape index (κ1) is 16.2. The number of rotatable bonds is 6. The third-order valence-electron chi connectivity index (χ3n) is 3.37. The van der Waals surface area contributed by atoms with Gasteiger partial charge < -0.3 is 10.5 Å². The lowest BCUT2D eigenvalue weighted by atomic mass is 10.1. The Kier molecular flexibility index (Phi) is 5.43. The number of thiazole rings is 1. The Morgan fingerprint density at radius 1 is 1.13 bits per heavy atom. The van der Waals surface area contributed by atoms with Crippen LogP contribution >= 0.6 is 27.3 Å². The number of halogens is 1. The van der Waals surface area contributed by atoms with Crippen LogP contribution in [0.3, 0.4) is 0 Å². The molecule has 5 heteroatoms. The molecule has 3 rings (SSSR count). The molecular weight excluding hydrogens is 372 g/mol. The Morgan fingerprint density at radius 2 is 1.96 bits per heavy atom. The van der Waals surface area contributed by atoms with Crippen molar-refractivity contribution >= 4 is 27.3 Å². The second-order valence-corrected chi connectivity index (χ2v) is 6.88. The van der Waals surface area contributed by atoms with Gasteiger partial charge in [-0.25, -0.2) is 4.98 Å². The average Bonchev–Trinajstić information content (AvgIpc) is 3.04. The number of hydrogen-bond acceptors (Lipinski definition) is 4. The van der Waals surface area contributed by atoms with Crippen LogP contribution in [0.25, 0.3) is 11.3 Å². The molecule has 3 aromatic rings. The summed E-state index contributed by atoms with van der Waals surface area (Å²) in [6.45, 7) is 1.18. The fourth-order valence-corrected chi connectivity index (χ4v) is 3.51. The van der Waals surface area contributed by atoms with E-state index in [0.717, 1.165) is 38.5 Å². The molecule has 0 spiro atoms. The van der Waals surface area contributed by atoms with Gasteiger partial charge >= 0.3 is 0 Å². The average molecular weight is 389 g/mol. The molecule has 0 saturated heterocycles. The zero-order valence-electron chi connectivity index (χ0n) is 12.5. The molecule has 0 radical (unpaired) electrons. The summed E-state index contributed by atoms with van der Waals surface area (Å²) in [6.07, 6.45) is 0.824. The van der Waals surface area contributed by atoms with Crippen molar-refractivity contribution in [1.29, 1.82) is 0 Å². The summed E-state index contributed by atoms with van der Waals surface area (Å²) in [4.78, 5) is 4.61. The standard InChI is InChI=1S/C18H17BrN2OS/c19-15-10-14(16-12-23-18(21-16)8-9-20)6-7-17(15)22-11-13-4-2-1-3-5-13/h1-7,10,12H,8-9,11,20H2. The van der Waals surface area contributed by atoms with E-state index < -0.39 is 0 Å². The Bertz CT molecular complexity index is 774. The van der Waals surface area contributed by atoms with Crippen LogP contribution in [0.5, 0.6) is 5.75 Å². The number of nitrogens with two attached hydrogens (primary N) is 1. The van der Waals surface area contributed by atoms with E-state index in [1.165, 1.54) is 0 Å². The van der Waals surface area contributed by atoms with Crippen LogP contribution in [0.4, 0.5) is 0 Å². The van der Waals surface area contributed by atoms with E-state index in [0.29, 0.717) is 13.2 Å². The predicted molar refractivity (Wildman–Crippen MR) is 98.8 cm³/mol. The van der Waals surface area contributed by atoms with E-state index in [2.05, 4.69) is 38.4 Å². The van der Waals surface area contributed by atoms with Crippen molar-refractivity contribution in [3.63, 3.8) is 0 Å². The van der Waals surface area contributed by atoms with Gasteiger partial charge in [0, 0.05) is 17.4 Å². The molecule has 2 N–H and O–H groups in total. The quantitative estimate of drug-likeness (QED) is 0.668. The predicted octanol–water partition coefficient (Wildman–Crippen LogP) is 4.65. The van der Waals surface area contributed by atoms with Gasteiger partial charge in [0.05, 0.1) is 15.2 Å². The summed E-state index contributed by atoms with van der Waals surface area (Å²) >= 11 is 5.24. The molecule has 0 unspecified atom stereocenters. The first-order valence-corrected chi connectivity index (χ1v) is 9.04. The van der Waals surface area contributed by atoms with Gasteiger partial charge in [0.1, 0.15) is 12.4 Å². The summed E-state index contributed by atoms with van der Waals surface area (Å²) in [7, 11) is 0. The first-order valence-electron chi connectivity index (χ1n) is 7.37. The second-order valence-electron chi connectivity index (χ2n) is 5.08. The van der Waals surface area contributed by atoms with E-state index in [1.807, 2.05) is 36.4 Å². The number of ether oxygens (including phenoxy) is 1. The van der Waals surface area contributed by atoms with Gasteiger partial charge in [0.15, 0.2) is 0 Å². The van der Waals surface area contributed by atoms with Gasteiger partial charge in [-0.05, 0) is 46.2 Å². The molecule has 23 heavy (non-hydrogen) atoms. The van der Waals surface area contributed by atoms with Crippen LogP contribution in [0.15, 0.2) is 58.4 Å². The zero-order valence-corrected chi connectivity index (χ0v) is 14.9. The van der Waals surface area contributed by atoms with Gasteiger partial charge in [-0.2, -0.15) is 0 Å². The highest BCUT2D eigenvalue weighted by Gasteiger charge is 2.08. The van der Waals surface area contributed by atoms with Crippen LogP contribution in [0, 0.1) is 0 Å². The highest BCUT2D eigenvalue weighted by atomic mass is 79.9. The fourth-order valence-electron chi connectivity index (χ4n) is 2.19. The monoisotopic (exact) mass is 388 g/mol. The van der Waals surface area contributed by atoms with Crippen molar-refractivity contribution in [2.75, 3.05) is 6.54 Å². The summed E-state index contributed by atoms with van der Waals surface area (Å²) in [6, 6.07) is 16.2. The van der Waals surface area contributed by atoms with Crippen LogP contribution < -0.4 is 10.5 Å². The molecule has 0 fully saturated rings. The molecule has 0 saturated carbocycles. The molecule has 0 aliphatic heterocycles. The normalized spacial score (nSPS) is 10.7. The molecule has 0 bridgehead atoms. The minimum absolute atomic E-state index is 0.552. The molecule has 1 aromatic heterocycles. The van der Waals surface area contributed by atoms with Crippen molar-refractivity contribution in [2.24, 2.45) is 5.73 Å². The van der Waals surface area contributed by atoms with Crippen molar-refractivity contribution in [3.8, 4) is 17.0 Å². The van der Waals surface area contributed by atoms with Gasteiger partial charge in [-0.15, -0.1) is 11.3 Å². The highest BCUT2D eigenvalue weighted by Crippen LogP contribution is 2.31. The number of aromatic nitrogens is 1.